The summed E-state index contributed by atoms with van der Waals surface area (Å²) in [7, 11) is 0. The predicted molar refractivity (Wildman–Crippen MR) is 94.4 cm³/mol. The van der Waals surface area contributed by atoms with Crippen LogP contribution in [0.25, 0.3) is 11.2 Å². The first-order valence-corrected chi connectivity index (χ1v) is 8.53. The van der Waals surface area contributed by atoms with Crippen LogP contribution in [0.1, 0.15) is 22.3 Å². The van der Waals surface area contributed by atoms with E-state index in [1.165, 1.54) is 5.56 Å². The minimum absolute atomic E-state index is 0.00231. The zero-order valence-electron chi connectivity index (χ0n) is 14.0. The molecule has 0 radical (unpaired) electrons. The molecule has 4 rings (SSSR count). The van der Waals surface area contributed by atoms with Gasteiger partial charge in [0.15, 0.2) is 5.65 Å². The van der Waals surface area contributed by atoms with E-state index in [4.69, 9.17) is 4.74 Å². The van der Waals surface area contributed by atoms with Crippen molar-refractivity contribution in [3.8, 4) is 0 Å². The van der Waals surface area contributed by atoms with Gasteiger partial charge in [-0.05, 0) is 18.1 Å². The molecule has 1 fully saturated rings. The molecular weight excluding hydrogens is 316 g/mol. The zero-order chi connectivity index (χ0) is 17.1. The molecule has 6 heteroatoms. The maximum Gasteiger partial charge on any atom is 0.255 e. The molecule has 0 atom stereocenters. The lowest BCUT2D eigenvalue weighted by molar-refractivity contribution is 0.0741. The Kier molecular flexibility index (Phi) is 4.43. The maximum atomic E-state index is 12.7. The first-order chi connectivity index (χ1) is 12.3. The van der Waals surface area contributed by atoms with E-state index in [1.54, 1.807) is 12.5 Å². The summed E-state index contributed by atoms with van der Waals surface area (Å²) in [6, 6.07) is 12.0. The van der Waals surface area contributed by atoms with Crippen LogP contribution in [-0.4, -0.2) is 51.6 Å². The molecule has 0 N–H and O–H groups in total. The van der Waals surface area contributed by atoms with Gasteiger partial charge in [0.25, 0.3) is 5.91 Å². The molecule has 0 spiro atoms. The normalized spacial score (nSPS) is 15.3. The van der Waals surface area contributed by atoms with Crippen molar-refractivity contribution in [1.82, 2.24) is 19.4 Å². The molecule has 1 aromatic carbocycles. The largest absolute Gasteiger partial charge is 0.380 e. The SMILES string of the molecule is O=C(c1cnc2c(c1)ncn2Cc1ccccc1)N1CCCOCC1. The van der Waals surface area contributed by atoms with Crippen LogP contribution in [-0.2, 0) is 11.3 Å². The van der Waals surface area contributed by atoms with Gasteiger partial charge in [0, 0.05) is 25.9 Å². The Morgan fingerprint density at radius 2 is 2.00 bits per heavy atom. The van der Waals surface area contributed by atoms with Gasteiger partial charge in [0.2, 0.25) is 0 Å². The Morgan fingerprint density at radius 1 is 1.12 bits per heavy atom. The number of fused-ring (bicyclic) bond motifs is 1. The molecule has 0 saturated carbocycles. The summed E-state index contributed by atoms with van der Waals surface area (Å²) in [5.41, 5.74) is 3.31. The van der Waals surface area contributed by atoms with Gasteiger partial charge in [-0.2, -0.15) is 0 Å². The molecule has 3 heterocycles. The van der Waals surface area contributed by atoms with E-state index in [0.29, 0.717) is 31.9 Å². The third-order valence-corrected chi connectivity index (χ3v) is 4.41. The first kappa shape index (κ1) is 15.8. The van der Waals surface area contributed by atoms with Gasteiger partial charge in [-0.3, -0.25) is 4.79 Å². The monoisotopic (exact) mass is 336 g/mol. The Labute approximate surface area is 146 Å². The van der Waals surface area contributed by atoms with Crippen LogP contribution < -0.4 is 0 Å². The average molecular weight is 336 g/mol. The fourth-order valence-corrected chi connectivity index (χ4v) is 3.09. The number of nitrogens with zero attached hydrogens (tertiary/aromatic N) is 4. The van der Waals surface area contributed by atoms with Crippen LogP contribution in [0.4, 0.5) is 0 Å². The van der Waals surface area contributed by atoms with Crippen molar-refractivity contribution in [1.29, 1.82) is 0 Å². The molecule has 128 valence electrons. The van der Waals surface area contributed by atoms with E-state index >= 15 is 0 Å². The number of ether oxygens (including phenoxy) is 1. The van der Waals surface area contributed by atoms with Crippen molar-refractivity contribution in [3.05, 3.63) is 60.0 Å². The third kappa shape index (κ3) is 3.39. The fourth-order valence-electron chi connectivity index (χ4n) is 3.09. The van der Waals surface area contributed by atoms with Gasteiger partial charge in [-0.25, -0.2) is 9.97 Å². The van der Waals surface area contributed by atoms with E-state index in [2.05, 4.69) is 22.1 Å². The molecule has 3 aromatic rings. The van der Waals surface area contributed by atoms with Crippen molar-refractivity contribution in [2.24, 2.45) is 0 Å². The Morgan fingerprint density at radius 3 is 2.88 bits per heavy atom. The maximum absolute atomic E-state index is 12.7. The van der Waals surface area contributed by atoms with Crippen LogP contribution in [0.2, 0.25) is 0 Å². The predicted octanol–water partition coefficient (Wildman–Crippen LogP) is 2.34. The van der Waals surface area contributed by atoms with Gasteiger partial charge in [0.05, 0.1) is 25.0 Å². The van der Waals surface area contributed by atoms with Crippen LogP contribution in [0.3, 0.4) is 0 Å². The number of hydrogen-bond donors (Lipinski definition) is 0. The van der Waals surface area contributed by atoms with E-state index in [1.807, 2.05) is 33.7 Å². The van der Waals surface area contributed by atoms with Gasteiger partial charge in [-0.15, -0.1) is 0 Å². The van der Waals surface area contributed by atoms with Crippen molar-refractivity contribution in [2.45, 2.75) is 13.0 Å². The molecule has 1 aliphatic heterocycles. The Hall–Kier alpha value is -2.73. The van der Waals surface area contributed by atoms with E-state index < -0.39 is 0 Å². The number of imidazole rings is 1. The van der Waals surface area contributed by atoms with E-state index in [0.717, 1.165) is 24.1 Å². The summed E-state index contributed by atoms with van der Waals surface area (Å²) >= 11 is 0. The summed E-state index contributed by atoms with van der Waals surface area (Å²) in [6.07, 6.45) is 4.30. The minimum Gasteiger partial charge on any atom is -0.380 e. The number of carbonyl (C=O) groups is 1. The zero-order valence-corrected chi connectivity index (χ0v) is 14.0. The van der Waals surface area contributed by atoms with Crippen LogP contribution in [0, 0.1) is 0 Å². The van der Waals surface area contributed by atoms with Crippen molar-refractivity contribution >= 4 is 17.1 Å². The average Bonchev–Trinajstić information content (AvgIpc) is 2.86. The summed E-state index contributed by atoms with van der Waals surface area (Å²) in [6.45, 7) is 3.36. The number of carbonyl (C=O) groups excluding carboxylic acids is 1. The van der Waals surface area contributed by atoms with Gasteiger partial charge < -0.3 is 14.2 Å². The molecular formula is C19H20N4O2. The highest BCUT2D eigenvalue weighted by Gasteiger charge is 2.19. The molecule has 0 unspecified atom stereocenters. The molecule has 6 nitrogen and oxygen atoms in total. The second-order valence-electron chi connectivity index (χ2n) is 6.18. The summed E-state index contributed by atoms with van der Waals surface area (Å²) in [5.74, 6) is -0.00231. The van der Waals surface area contributed by atoms with Crippen molar-refractivity contribution in [2.75, 3.05) is 26.3 Å². The highest BCUT2D eigenvalue weighted by molar-refractivity contribution is 5.96. The highest BCUT2D eigenvalue weighted by Crippen LogP contribution is 2.16. The third-order valence-electron chi connectivity index (χ3n) is 4.41. The topological polar surface area (TPSA) is 60.2 Å². The lowest BCUT2D eigenvalue weighted by atomic mass is 10.2. The Bertz CT molecular complexity index is 868. The quantitative estimate of drug-likeness (QED) is 0.737. The van der Waals surface area contributed by atoms with Gasteiger partial charge >= 0.3 is 0 Å². The molecule has 25 heavy (non-hydrogen) atoms. The van der Waals surface area contributed by atoms with Crippen molar-refractivity contribution < 1.29 is 9.53 Å². The standard InChI is InChI=1S/C19H20N4O2/c24-19(22-7-4-9-25-10-8-22)16-11-17-18(20-12-16)23(14-21-17)13-15-5-2-1-3-6-15/h1-3,5-6,11-12,14H,4,7-10,13H2. The lowest BCUT2D eigenvalue weighted by Crippen LogP contribution is -2.33. The van der Waals surface area contributed by atoms with Gasteiger partial charge in [0.1, 0.15) is 5.52 Å². The molecule has 2 aromatic heterocycles. The van der Waals surface area contributed by atoms with Crippen LogP contribution >= 0.6 is 0 Å². The molecule has 0 bridgehead atoms. The molecule has 1 amide bonds. The van der Waals surface area contributed by atoms with Gasteiger partial charge in [-0.1, -0.05) is 30.3 Å². The smallest absolute Gasteiger partial charge is 0.255 e. The minimum atomic E-state index is -0.00231. The van der Waals surface area contributed by atoms with E-state index in [-0.39, 0.29) is 5.91 Å². The van der Waals surface area contributed by atoms with Crippen LogP contribution in [0.5, 0.6) is 0 Å². The summed E-state index contributed by atoms with van der Waals surface area (Å²) in [4.78, 5) is 23.4. The second-order valence-corrected chi connectivity index (χ2v) is 6.18. The number of benzene rings is 1. The number of hydrogen-bond acceptors (Lipinski definition) is 4. The number of pyridine rings is 1. The number of aromatic nitrogens is 3. The highest BCUT2D eigenvalue weighted by atomic mass is 16.5. The van der Waals surface area contributed by atoms with Crippen molar-refractivity contribution in [3.63, 3.8) is 0 Å². The fraction of sp³-hybridized carbons (Fsp3) is 0.316. The molecule has 0 aliphatic carbocycles. The number of rotatable bonds is 3. The Balaban J connectivity index is 1.57. The summed E-state index contributed by atoms with van der Waals surface area (Å²) in [5, 5.41) is 0. The second kappa shape index (κ2) is 7.03. The van der Waals surface area contributed by atoms with Crippen LogP contribution in [0.15, 0.2) is 48.9 Å². The molecule has 1 aliphatic rings. The lowest BCUT2D eigenvalue weighted by Gasteiger charge is -2.19. The first-order valence-electron chi connectivity index (χ1n) is 8.53. The number of amides is 1. The van der Waals surface area contributed by atoms with E-state index in [9.17, 15) is 4.79 Å². The summed E-state index contributed by atoms with van der Waals surface area (Å²) < 4.78 is 7.41. The molecule has 1 saturated heterocycles.